The van der Waals surface area contributed by atoms with E-state index in [9.17, 15) is 4.79 Å². The van der Waals surface area contributed by atoms with E-state index in [2.05, 4.69) is 15.3 Å². The molecule has 1 saturated heterocycles. The fourth-order valence-electron chi connectivity index (χ4n) is 2.52. The molecule has 2 heterocycles. The van der Waals surface area contributed by atoms with Gasteiger partial charge in [-0.1, -0.05) is 0 Å². The monoisotopic (exact) mass is 275 g/mol. The molecular formula is C14H21N5O. The van der Waals surface area contributed by atoms with E-state index in [0.717, 1.165) is 50.4 Å². The van der Waals surface area contributed by atoms with Crippen LogP contribution in [0.3, 0.4) is 0 Å². The highest BCUT2D eigenvalue weighted by atomic mass is 16.2. The standard InChI is InChI=1S/C14H21N5O/c15-11-9-12(18-14(17-11)10-3-4-10)16-6-5-13(20)19-7-1-2-8-19/h9-10H,1-8H2,(H3,15,16,17,18). The second-order valence-corrected chi connectivity index (χ2v) is 5.58. The van der Waals surface area contributed by atoms with Crippen molar-refractivity contribution in [3.8, 4) is 0 Å². The van der Waals surface area contributed by atoms with Crippen LogP contribution >= 0.6 is 0 Å². The molecule has 20 heavy (non-hydrogen) atoms. The van der Waals surface area contributed by atoms with Gasteiger partial charge in [-0.15, -0.1) is 0 Å². The molecule has 0 bridgehead atoms. The van der Waals surface area contributed by atoms with Crippen LogP contribution in [-0.4, -0.2) is 40.4 Å². The van der Waals surface area contributed by atoms with Crippen molar-refractivity contribution in [2.75, 3.05) is 30.7 Å². The third kappa shape index (κ3) is 3.18. The summed E-state index contributed by atoms with van der Waals surface area (Å²) in [6.07, 6.45) is 5.06. The van der Waals surface area contributed by atoms with E-state index < -0.39 is 0 Å². The second-order valence-electron chi connectivity index (χ2n) is 5.58. The van der Waals surface area contributed by atoms with Crippen molar-refractivity contribution in [1.82, 2.24) is 14.9 Å². The molecule has 0 spiro atoms. The van der Waals surface area contributed by atoms with Gasteiger partial charge in [0.25, 0.3) is 0 Å². The van der Waals surface area contributed by atoms with Crippen LogP contribution < -0.4 is 11.1 Å². The molecule has 1 aromatic rings. The van der Waals surface area contributed by atoms with Crippen LogP contribution in [0.4, 0.5) is 11.6 Å². The van der Waals surface area contributed by atoms with Crippen molar-refractivity contribution in [2.24, 2.45) is 0 Å². The molecular weight excluding hydrogens is 254 g/mol. The number of likely N-dealkylation sites (tertiary alicyclic amines) is 1. The van der Waals surface area contributed by atoms with Crippen LogP contribution in [0.25, 0.3) is 0 Å². The van der Waals surface area contributed by atoms with Gasteiger partial charge in [-0.3, -0.25) is 4.79 Å². The number of carbonyl (C=O) groups is 1. The Morgan fingerprint density at radius 3 is 2.80 bits per heavy atom. The SMILES string of the molecule is Nc1cc(NCCC(=O)N2CCCC2)nc(C2CC2)n1. The Morgan fingerprint density at radius 2 is 2.10 bits per heavy atom. The number of nitrogens with one attached hydrogen (secondary N) is 1. The molecule has 1 amide bonds. The van der Waals surface area contributed by atoms with E-state index in [1.165, 1.54) is 0 Å². The zero-order valence-electron chi connectivity index (χ0n) is 11.6. The number of carbonyl (C=O) groups excluding carboxylic acids is 1. The topological polar surface area (TPSA) is 84.1 Å². The summed E-state index contributed by atoms with van der Waals surface area (Å²) in [5.74, 6) is 2.76. The van der Waals surface area contributed by atoms with E-state index in [-0.39, 0.29) is 5.91 Å². The summed E-state index contributed by atoms with van der Waals surface area (Å²) in [4.78, 5) is 22.6. The Balaban J connectivity index is 1.51. The normalized spacial score (nSPS) is 18.3. The third-order valence-electron chi connectivity index (χ3n) is 3.81. The van der Waals surface area contributed by atoms with Crippen LogP contribution in [0, 0.1) is 0 Å². The molecule has 1 aliphatic heterocycles. The molecule has 1 aliphatic carbocycles. The van der Waals surface area contributed by atoms with Gasteiger partial charge in [0, 0.05) is 38.0 Å². The van der Waals surface area contributed by atoms with E-state index in [0.29, 0.717) is 24.7 Å². The molecule has 3 N–H and O–H groups in total. The van der Waals surface area contributed by atoms with Gasteiger partial charge in [0.2, 0.25) is 5.91 Å². The molecule has 2 fully saturated rings. The van der Waals surface area contributed by atoms with E-state index >= 15 is 0 Å². The van der Waals surface area contributed by atoms with E-state index in [4.69, 9.17) is 5.73 Å². The second kappa shape index (κ2) is 5.64. The van der Waals surface area contributed by atoms with Crippen molar-refractivity contribution >= 4 is 17.5 Å². The number of rotatable bonds is 5. The van der Waals surface area contributed by atoms with Gasteiger partial charge in [-0.05, 0) is 25.7 Å². The number of nitrogens with zero attached hydrogens (tertiary/aromatic N) is 3. The fourth-order valence-corrected chi connectivity index (χ4v) is 2.52. The first kappa shape index (κ1) is 13.1. The number of nitrogen functional groups attached to an aromatic ring is 1. The zero-order valence-corrected chi connectivity index (χ0v) is 11.6. The van der Waals surface area contributed by atoms with Crippen molar-refractivity contribution in [2.45, 2.75) is 38.0 Å². The number of anilines is 2. The first-order valence-corrected chi connectivity index (χ1v) is 7.38. The van der Waals surface area contributed by atoms with Crippen molar-refractivity contribution < 1.29 is 4.79 Å². The predicted molar refractivity (Wildman–Crippen MR) is 77.3 cm³/mol. The molecule has 6 heteroatoms. The van der Waals surface area contributed by atoms with Crippen LogP contribution in [-0.2, 0) is 4.79 Å². The molecule has 3 rings (SSSR count). The third-order valence-corrected chi connectivity index (χ3v) is 3.81. The first-order valence-electron chi connectivity index (χ1n) is 7.38. The molecule has 0 atom stereocenters. The Labute approximate surface area is 118 Å². The molecule has 6 nitrogen and oxygen atoms in total. The van der Waals surface area contributed by atoms with Gasteiger partial charge in [-0.25, -0.2) is 9.97 Å². The molecule has 1 aromatic heterocycles. The largest absolute Gasteiger partial charge is 0.384 e. The minimum atomic E-state index is 0.222. The lowest BCUT2D eigenvalue weighted by molar-refractivity contribution is -0.129. The number of amides is 1. The van der Waals surface area contributed by atoms with Gasteiger partial charge in [-0.2, -0.15) is 0 Å². The van der Waals surface area contributed by atoms with Crippen molar-refractivity contribution in [3.05, 3.63) is 11.9 Å². The highest BCUT2D eigenvalue weighted by Gasteiger charge is 2.27. The van der Waals surface area contributed by atoms with Crippen molar-refractivity contribution in [1.29, 1.82) is 0 Å². The minimum Gasteiger partial charge on any atom is -0.384 e. The van der Waals surface area contributed by atoms with Crippen LogP contribution in [0.1, 0.15) is 43.8 Å². The Hall–Kier alpha value is -1.85. The summed E-state index contributed by atoms with van der Waals surface area (Å²) in [5.41, 5.74) is 5.79. The maximum atomic E-state index is 11.9. The highest BCUT2D eigenvalue weighted by Crippen LogP contribution is 2.38. The minimum absolute atomic E-state index is 0.222. The van der Waals surface area contributed by atoms with Crippen LogP contribution in [0.2, 0.25) is 0 Å². The molecule has 2 aliphatic rings. The van der Waals surface area contributed by atoms with Gasteiger partial charge in [0.15, 0.2) is 0 Å². The molecule has 108 valence electrons. The van der Waals surface area contributed by atoms with E-state index in [1.54, 1.807) is 6.07 Å². The zero-order chi connectivity index (χ0) is 13.9. The van der Waals surface area contributed by atoms with Crippen LogP contribution in [0.15, 0.2) is 6.07 Å². The lowest BCUT2D eigenvalue weighted by Crippen LogP contribution is -2.29. The van der Waals surface area contributed by atoms with Gasteiger partial charge >= 0.3 is 0 Å². The maximum absolute atomic E-state index is 11.9. The predicted octanol–water partition coefficient (Wildman–Crippen LogP) is 1.36. The summed E-state index contributed by atoms with van der Waals surface area (Å²) < 4.78 is 0. The van der Waals surface area contributed by atoms with Gasteiger partial charge < -0.3 is 16.0 Å². The number of aromatic nitrogens is 2. The number of hydrogen-bond acceptors (Lipinski definition) is 5. The summed E-state index contributed by atoms with van der Waals surface area (Å²) >= 11 is 0. The fraction of sp³-hybridized carbons (Fsp3) is 0.643. The summed E-state index contributed by atoms with van der Waals surface area (Å²) in [7, 11) is 0. The number of nitrogens with two attached hydrogens (primary N) is 1. The van der Waals surface area contributed by atoms with Crippen molar-refractivity contribution in [3.63, 3.8) is 0 Å². The Bertz CT molecular complexity index is 494. The average Bonchev–Trinajstić information content (AvgIpc) is 3.13. The van der Waals surface area contributed by atoms with Gasteiger partial charge in [0.05, 0.1) is 0 Å². The van der Waals surface area contributed by atoms with Gasteiger partial charge in [0.1, 0.15) is 17.5 Å². The Kier molecular flexibility index (Phi) is 3.71. The molecule has 0 radical (unpaired) electrons. The van der Waals surface area contributed by atoms with E-state index in [1.807, 2.05) is 4.90 Å². The quantitative estimate of drug-likeness (QED) is 0.847. The summed E-state index contributed by atoms with van der Waals surface area (Å²) in [5, 5.41) is 3.18. The maximum Gasteiger partial charge on any atom is 0.224 e. The molecule has 1 saturated carbocycles. The highest BCUT2D eigenvalue weighted by molar-refractivity contribution is 5.76. The lowest BCUT2D eigenvalue weighted by atomic mass is 10.3. The molecule has 0 unspecified atom stereocenters. The lowest BCUT2D eigenvalue weighted by Gasteiger charge is -2.15. The molecule has 0 aromatic carbocycles. The Morgan fingerprint density at radius 1 is 1.35 bits per heavy atom. The number of hydrogen-bond donors (Lipinski definition) is 2. The average molecular weight is 275 g/mol. The van der Waals surface area contributed by atoms with Crippen LogP contribution in [0.5, 0.6) is 0 Å². The summed E-state index contributed by atoms with van der Waals surface area (Å²) in [6, 6.07) is 1.73. The summed E-state index contributed by atoms with van der Waals surface area (Å²) in [6.45, 7) is 2.41. The smallest absolute Gasteiger partial charge is 0.224 e. The first-order chi connectivity index (χ1) is 9.72.